The molecule has 0 saturated carbocycles. The molecule has 13 heteroatoms. The van der Waals surface area contributed by atoms with Crippen molar-refractivity contribution in [2.45, 2.75) is 116 Å². The Morgan fingerprint density at radius 3 is 2.13 bits per heavy atom. The lowest BCUT2D eigenvalue weighted by molar-refractivity contribution is -0.325. The van der Waals surface area contributed by atoms with Crippen LogP contribution in [-0.2, 0) is 33.2 Å². The van der Waals surface area contributed by atoms with Crippen molar-refractivity contribution in [2.75, 3.05) is 6.61 Å². The van der Waals surface area contributed by atoms with Gasteiger partial charge in [0, 0.05) is 15.7 Å². The summed E-state index contributed by atoms with van der Waals surface area (Å²) in [4.78, 5) is 18.8. The van der Waals surface area contributed by atoms with Gasteiger partial charge in [-0.2, -0.15) is 0 Å². The summed E-state index contributed by atoms with van der Waals surface area (Å²) in [6, 6.07) is -1.06. The molecule has 0 amide bonds. The molecule has 212 valence electrons. The van der Waals surface area contributed by atoms with E-state index in [1.165, 1.54) is 6.92 Å². The highest BCUT2D eigenvalue weighted by molar-refractivity contribution is 5.81. The summed E-state index contributed by atoms with van der Waals surface area (Å²) >= 11 is 0. The SMILES string of the molecule is CC[C@@H]1O[C@H](O[C@H]2C(C)[C@H](C)[C@H](O[C@@H]3C4CO[C@H](O4)[C@@H](N=[N+]=[N-])C3C)O[C@H]2C(C)=O)[C@@H](N=[N+]=[N-])C(C)[C@@H]1C. The highest BCUT2D eigenvalue weighted by Crippen LogP contribution is 2.42. The first-order chi connectivity index (χ1) is 18.1. The van der Waals surface area contributed by atoms with Gasteiger partial charge in [-0.15, -0.1) is 0 Å². The standard InChI is InChI=1S/C25H40N6O7/c1-8-16-10(2)11(3)18(28-30-26)25(34-16)37-21-12(4)13(5)23(38-22(21)15(7)32)36-20-14(6)19(29-31-27)24-33-9-17(20)35-24/h10-14,16-25H,8-9H2,1-7H3/t10-,11?,12?,13-,14?,16-,17?,18-,19-,20-,21-,22-,23+,24+,25+/m0/s1. The maximum atomic E-state index is 12.8. The Kier molecular flexibility index (Phi) is 9.22. The molecule has 0 aliphatic carbocycles. The number of carbonyl (C=O) groups is 1. The zero-order chi connectivity index (χ0) is 27.7. The van der Waals surface area contributed by atoms with Crippen LogP contribution in [0.3, 0.4) is 0 Å². The van der Waals surface area contributed by atoms with Crippen molar-refractivity contribution in [1.82, 2.24) is 0 Å². The number of ether oxygens (including phenoxy) is 6. The Balaban J connectivity index is 1.53. The van der Waals surface area contributed by atoms with Gasteiger partial charge in [-0.1, -0.05) is 51.8 Å². The number of carbonyl (C=O) groups excluding carboxylic acids is 1. The highest BCUT2D eigenvalue weighted by atomic mass is 16.8. The summed E-state index contributed by atoms with van der Waals surface area (Å²) in [5.74, 6) is -0.482. The van der Waals surface area contributed by atoms with E-state index in [9.17, 15) is 10.3 Å². The van der Waals surface area contributed by atoms with Gasteiger partial charge in [-0.05, 0) is 48.1 Å². The van der Waals surface area contributed by atoms with E-state index in [-0.39, 0.29) is 47.6 Å². The molecule has 4 aliphatic heterocycles. The number of nitrogens with zero attached hydrogens (tertiary/aromatic N) is 6. The summed E-state index contributed by atoms with van der Waals surface area (Å²) in [6.45, 7) is 13.9. The fourth-order valence-corrected chi connectivity index (χ4v) is 6.23. The Bertz CT molecular complexity index is 958. The molecule has 4 rings (SSSR count). The van der Waals surface area contributed by atoms with Crippen molar-refractivity contribution in [3.8, 4) is 0 Å². The minimum absolute atomic E-state index is 0.0351. The lowest BCUT2D eigenvalue weighted by Crippen LogP contribution is -2.59. The lowest BCUT2D eigenvalue weighted by Gasteiger charge is -2.49. The van der Waals surface area contributed by atoms with E-state index in [0.29, 0.717) is 6.61 Å². The van der Waals surface area contributed by atoms with Crippen LogP contribution >= 0.6 is 0 Å². The van der Waals surface area contributed by atoms with Gasteiger partial charge >= 0.3 is 0 Å². The zero-order valence-corrected chi connectivity index (χ0v) is 23.1. The number of Topliss-reactive ketones (excluding diaryl/α,β-unsaturated/α-hetero) is 1. The van der Waals surface area contributed by atoms with Crippen LogP contribution in [0, 0.1) is 29.6 Å². The van der Waals surface area contributed by atoms with E-state index in [1.54, 1.807) is 0 Å². The predicted octanol–water partition coefficient (Wildman–Crippen LogP) is 4.50. The summed E-state index contributed by atoms with van der Waals surface area (Å²) in [7, 11) is 0. The van der Waals surface area contributed by atoms with Crippen LogP contribution < -0.4 is 0 Å². The van der Waals surface area contributed by atoms with E-state index in [4.69, 9.17) is 34.0 Å². The van der Waals surface area contributed by atoms with Gasteiger partial charge in [0.1, 0.15) is 12.2 Å². The molecule has 0 N–H and O–H groups in total. The molecule has 4 unspecified atom stereocenters. The monoisotopic (exact) mass is 536 g/mol. The average molecular weight is 537 g/mol. The van der Waals surface area contributed by atoms with E-state index < -0.39 is 49.3 Å². The van der Waals surface area contributed by atoms with Gasteiger partial charge in [-0.3, -0.25) is 4.79 Å². The maximum absolute atomic E-state index is 12.8. The van der Waals surface area contributed by atoms with Crippen molar-refractivity contribution in [1.29, 1.82) is 0 Å². The highest BCUT2D eigenvalue weighted by Gasteiger charge is 2.53. The van der Waals surface area contributed by atoms with E-state index in [2.05, 4.69) is 27.0 Å². The fraction of sp³-hybridized carbons (Fsp3) is 0.960. The number of hydrogen-bond donors (Lipinski definition) is 0. The van der Waals surface area contributed by atoms with Crippen LogP contribution in [0.25, 0.3) is 20.9 Å². The third-order valence-corrected chi connectivity index (χ3v) is 9.09. The van der Waals surface area contributed by atoms with Gasteiger partial charge in [0.25, 0.3) is 0 Å². The van der Waals surface area contributed by atoms with Gasteiger partial charge in [0.2, 0.25) is 0 Å². The molecule has 38 heavy (non-hydrogen) atoms. The average Bonchev–Trinajstić information content (AvgIpc) is 3.33. The second-order valence-electron chi connectivity index (χ2n) is 11.3. The van der Waals surface area contributed by atoms with Crippen molar-refractivity contribution < 1.29 is 33.2 Å². The molecule has 4 saturated heterocycles. The molecule has 0 aromatic rings. The molecule has 0 aromatic heterocycles. The van der Waals surface area contributed by atoms with Crippen molar-refractivity contribution in [3.63, 3.8) is 0 Å². The molecule has 0 aromatic carbocycles. The van der Waals surface area contributed by atoms with Gasteiger partial charge in [-0.25, -0.2) is 0 Å². The summed E-state index contributed by atoms with van der Waals surface area (Å²) in [5, 5.41) is 7.88. The first-order valence-electron chi connectivity index (χ1n) is 13.6. The Morgan fingerprint density at radius 2 is 1.50 bits per heavy atom. The maximum Gasteiger partial charge on any atom is 0.167 e. The van der Waals surface area contributed by atoms with Crippen LogP contribution in [0.15, 0.2) is 10.2 Å². The number of hydrogen-bond acceptors (Lipinski definition) is 9. The number of rotatable bonds is 8. The van der Waals surface area contributed by atoms with Crippen molar-refractivity contribution in [2.24, 2.45) is 39.8 Å². The van der Waals surface area contributed by atoms with Gasteiger partial charge < -0.3 is 28.4 Å². The van der Waals surface area contributed by atoms with Crippen LogP contribution in [0.5, 0.6) is 0 Å². The second-order valence-corrected chi connectivity index (χ2v) is 11.3. The molecule has 0 spiro atoms. The van der Waals surface area contributed by atoms with Crippen LogP contribution in [0.4, 0.5) is 0 Å². The normalized spacial score (nSPS) is 48.6. The summed E-state index contributed by atoms with van der Waals surface area (Å²) in [6.07, 6.45) is -3.68. The third kappa shape index (κ3) is 5.39. The molecule has 4 fully saturated rings. The fourth-order valence-electron chi connectivity index (χ4n) is 6.23. The largest absolute Gasteiger partial charge is 0.349 e. The van der Waals surface area contributed by atoms with Crippen LogP contribution in [0.1, 0.15) is 54.9 Å². The van der Waals surface area contributed by atoms with Crippen LogP contribution in [-0.4, -0.2) is 73.9 Å². The van der Waals surface area contributed by atoms with Gasteiger partial charge in [0.05, 0.1) is 37.0 Å². The Hall–Kier alpha value is -1.95. The first-order valence-corrected chi connectivity index (χ1v) is 13.6. The third-order valence-electron chi connectivity index (χ3n) is 9.09. The van der Waals surface area contributed by atoms with Gasteiger partial charge in [0.15, 0.2) is 24.7 Å². The molecule has 0 radical (unpaired) electrons. The van der Waals surface area contributed by atoms with Crippen molar-refractivity contribution in [3.05, 3.63) is 20.9 Å². The van der Waals surface area contributed by atoms with E-state index in [1.807, 2.05) is 34.6 Å². The summed E-state index contributed by atoms with van der Waals surface area (Å²) in [5.41, 5.74) is 18.2. The molecule has 15 atom stereocenters. The molecule has 2 bridgehead atoms. The molecule has 13 nitrogen and oxygen atoms in total. The van der Waals surface area contributed by atoms with E-state index >= 15 is 0 Å². The number of fused-ring (bicyclic) bond motifs is 2. The Labute approximate surface area is 223 Å². The molecular weight excluding hydrogens is 496 g/mol. The minimum atomic E-state index is -0.906. The smallest absolute Gasteiger partial charge is 0.167 e. The lowest BCUT2D eigenvalue weighted by atomic mass is 9.80. The number of ketones is 1. The number of azide groups is 2. The second kappa shape index (κ2) is 12.1. The minimum Gasteiger partial charge on any atom is -0.349 e. The quantitative estimate of drug-likeness (QED) is 0.250. The van der Waals surface area contributed by atoms with Crippen LogP contribution in [0.2, 0.25) is 0 Å². The zero-order valence-electron chi connectivity index (χ0n) is 23.1. The Morgan fingerprint density at radius 1 is 0.842 bits per heavy atom. The topological polar surface area (TPSA) is 170 Å². The van der Waals surface area contributed by atoms with Crippen molar-refractivity contribution >= 4 is 5.78 Å². The first kappa shape index (κ1) is 29.0. The predicted molar refractivity (Wildman–Crippen MR) is 134 cm³/mol. The molecular formula is C25H40N6O7. The van der Waals surface area contributed by atoms with E-state index in [0.717, 1.165) is 6.42 Å². The molecule has 4 aliphatic rings. The molecule has 4 heterocycles. The summed E-state index contributed by atoms with van der Waals surface area (Å²) < 4.78 is 37.1.